The molecule has 1 atom stereocenters. The number of hydrogen-bond acceptors (Lipinski definition) is 6. The van der Waals surface area contributed by atoms with E-state index in [1.165, 1.54) is 0 Å². The van der Waals surface area contributed by atoms with Gasteiger partial charge in [-0.15, -0.1) is 0 Å². The van der Waals surface area contributed by atoms with Crippen molar-refractivity contribution in [3.63, 3.8) is 0 Å². The van der Waals surface area contributed by atoms with Crippen molar-refractivity contribution >= 4 is 35.3 Å². The van der Waals surface area contributed by atoms with Gasteiger partial charge in [-0.3, -0.25) is 4.79 Å². The van der Waals surface area contributed by atoms with E-state index in [0.29, 0.717) is 16.1 Å². The van der Waals surface area contributed by atoms with Gasteiger partial charge in [0, 0.05) is 17.0 Å². The summed E-state index contributed by atoms with van der Waals surface area (Å²) in [7, 11) is 0. The largest absolute Gasteiger partial charge is 0.457 e. The van der Waals surface area contributed by atoms with E-state index < -0.39 is 28.9 Å². The minimum Gasteiger partial charge on any atom is -0.457 e. The van der Waals surface area contributed by atoms with E-state index >= 15 is 0 Å². The molecule has 8 heteroatoms. The van der Waals surface area contributed by atoms with E-state index in [1.807, 2.05) is 12.1 Å². The second-order valence-corrected chi connectivity index (χ2v) is 8.32. The molecule has 2 aromatic rings. The number of aliphatic imine (C=N–C) groups is 2. The molecule has 158 valence electrons. The van der Waals surface area contributed by atoms with Gasteiger partial charge in [0.05, 0.1) is 0 Å². The number of halogens is 1. The van der Waals surface area contributed by atoms with Crippen molar-refractivity contribution in [2.75, 3.05) is 0 Å². The molecule has 0 aromatic heterocycles. The van der Waals surface area contributed by atoms with Gasteiger partial charge in [-0.25, -0.2) is 9.79 Å². The highest BCUT2D eigenvalue weighted by Gasteiger charge is 2.45. The zero-order valence-electron chi connectivity index (χ0n) is 17.3. The van der Waals surface area contributed by atoms with Crippen LogP contribution in [0.1, 0.15) is 31.9 Å². The molecule has 2 aromatic carbocycles. The Balaban J connectivity index is 1.98. The molecule has 1 aliphatic heterocycles. The number of carbonyl (C=O) groups is 2. The van der Waals surface area contributed by atoms with Crippen LogP contribution in [0, 0.1) is 11.3 Å². The summed E-state index contributed by atoms with van der Waals surface area (Å²) in [4.78, 5) is 33.5. The van der Waals surface area contributed by atoms with Crippen molar-refractivity contribution in [2.24, 2.45) is 9.98 Å². The van der Waals surface area contributed by atoms with Gasteiger partial charge in [0.1, 0.15) is 11.7 Å². The molecule has 0 bridgehead atoms. The van der Waals surface area contributed by atoms with Crippen molar-refractivity contribution in [1.82, 2.24) is 0 Å². The van der Waals surface area contributed by atoms with Crippen LogP contribution in [0.3, 0.4) is 0 Å². The van der Waals surface area contributed by atoms with E-state index in [-0.39, 0.29) is 12.3 Å². The quantitative estimate of drug-likeness (QED) is 0.660. The minimum atomic E-state index is -2.02. The van der Waals surface area contributed by atoms with Crippen LogP contribution in [0.5, 0.6) is 0 Å². The Kier molecular flexibility index (Phi) is 6.23. The van der Waals surface area contributed by atoms with Crippen molar-refractivity contribution in [2.45, 2.75) is 38.3 Å². The Morgan fingerprint density at radius 1 is 1.16 bits per heavy atom. The molecule has 0 aliphatic carbocycles. The molecule has 3 rings (SSSR count). The second-order valence-electron chi connectivity index (χ2n) is 7.88. The summed E-state index contributed by atoms with van der Waals surface area (Å²) < 4.78 is 11.0. The molecule has 1 heterocycles. The third kappa shape index (κ3) is 5.36. The highest BCUT2D eigenvalue weighted by Crippen LogP contribution is 2.25. The number of nitriles is 1. The van der Waals surface area contributed by atoms with Crippen LogP contribution in [0.4, 0.5) is 0 Å². The minimum absolute atomic E-state index is 0.0103. The number of rotatable bonds is 5. The van der Waals surface area contributed by atoms with Crippen LogP contribution in [-0.2, 0) is 25.5 Å². The molecule has 1 amide bonds. The predicted octanol–water partition coefficient (Wildman–Crippen LogP) is 3.89. The first-order chi connectivity index (χ1) is 14.6. The van der Waals surface area contributed by atoms with Gasteiger partial charge in [0.15, 0.2) is 0 Å². The van der Waals surface area contributed by atoms with Gasteiger partial charge < -0.3 is 9.47 Å². The lowest BCUT2D eigenvalue weighted by Gasteiger charge is -2.26. The van der Waals surface area contributed by atoms with Gasteiger partial charge in [0.2, 0.25) is 5.90 Å². The Morgan fingerprint density at radius 2 is 1.81 bits per heavy atom. The zero-order valence-corrected chi connectivity index (χ0v) is 18.0. The fourth-order valence-corrected chi connectivity index (χ4v) is 2.91. The van der Waals surface area contributed by atoms with Crippen LogP contribution < -0.4 is 0 Å². The van der Waals surface area contributed by atoms with Gasteiger partial charge in [-0.1, -0.05) is 41.9 Å². The maximum Gasteiger partial charge on any atom is 0.349 e. The third-order valence-electron chi connectivity index (χ3n) is 4.19. The van der Waals surface area contributed by atoms with Gasteiger partial charge in [-0.05, 0) is 50.6 Å². The van der Waals surface area contributed by atoms with Crippen molar-refractivity contribution in [3.8, 4) is 6.07 Å². The van der Waals surface area contributed by atoms with Crippen LogP contribution in [0.15, 0.2) is 64.6 Å². The SMILES string of the molecule is CC(C)(C)OC(=O)C(C#N)(Cc1ccccc1)N=C1OC(c2ccc(Cl)cc2)=NC1=O. The molecule has 0 fully saturated rings. The lowest BCUT2D eigenvalue weighted by atomic mass is 9.92. The topological polar surface area (TPSA) is 101 Å². The van der Waals surface area contributed by atoms with Crippen LogP contribution in [0.25, 0.3) is 0 Å². The Morgan fingerprint density at radius 3 is 2.39 bits per heavy atom. The lowest BCUT2D eigenvalue weighted by Crippen LogP contribution is -2.44. The summed E-state index contributed by atoms with van der Waals surface area (Å²) >= 11 is 5.89. The van der Waals surface area contributed by atoms with Gasteiger partial charge in [0.25, 0.3) is 11.4 Å². The highest BCUT2D eigenvalue weighted by atomic mass is 35.5. The van der Waals surface area contributed by atoms with Crippen LogP contribution >= 0.6 is 11.6 Å². The maximum atomic E-state index is 13.0. The molecule has 0 spiro atoms. The van der Waals surface area contributed by atoms with E-state index in [0.717, 1.165) is 0 Å². The average molecular weight is 438 g/mol. The van der Waals surface area contributed by atoms with E-state index in [4.69, 9.17) is 21.1 Å². The molecule has 7 nitrogen and oxygen atoms in total. The summed E-state index contributed by atoms with van der Waals surface area (Å²) in [5.74, 6) is -2.11. The molecule has 1 unspecified atom stereocenters. The van der Waals surface area contributed by atoms with E-state index in [9.17, 15) is 14.9 Å². The first-order valence-electron chi connectivity index (χ1n) is 9.47. The molecule has 31 heavy (non-hydrogen) atoms. The predicted molar refractivity (Wildman–Crippen MR) is 116 cm³/mol. The average Bonchev–Trinajstić information content (AvgIpc) is 3.07. The third-order valence-corrected chi connectivity index (χ3v) is 4.44. The maximum absolute atomic E-state index is 13.0. The summed E-state index contributed by atoms with van der Waals surface area (Å²) in [6, 6.07) is 17.3. The first-order valence-corrected chi connectivity index (χ1v) is 9.85. The Labute approximate surface area is 185 Å². The summed E-state index contributed by atoms with van der Waals surface area (Å²) in [5.41, 5.74) is -1.71. The monoisotopic (exact) mass is 437 g/mol. The standard InChI is InChI=1S/C23H20ClN3O4/c1-22(2,3)31-21(29)23(14-25,13-15-7-5-4-6-8-15)27-20-18(28)26-19(30-20)16-9-11-17(24)12-10-16/h4-12H,13H2,1-3H3. The molecular weight excluding hydrogens is 418 g/mol. The van der Waals surface area contributed by atoms with Gasteiger partial charge in [-0.2, -0.15) is 10.3 Å². The van der Waals surface area contributed by atoms with E-state index in [2.05, 4.69) is 9.98 Å². The molecule has 0 N–H and O–H groups in total. The van der Waals surface area contributed by atoms with Gasteiger partial charge >= 0.3 is 11.9 Å². The number of carbonyl (C=O) groups excluding carboxylic acids is 2. The number of esters is 1. The zero-order chi connectivity index (χ0) is 22.6. The molecule has 0 saturated heterocycles. The second kappa shape index (κ2) is 8.70. The molecular formula is C23H20ClN3O4. The lowest BCUT2D eigenvalue weighted by molar-refractivity contribution is -0.159. The van der Waals surface area contributed by atoms with Crippen molar-refractivity contribution in [1.29, 1.82) is 5.26 Å². The fourth-order valence-electron chi connectivity index (χ4n) is 2.78. The number of nitrogens with zero attached hydrogens (tertiary/aromatic N) is 3. The van der Waals surface area contributed by atoms with Crippen LogP contribution in [0.2, 0.25) is 5.02 Å². The molecule has 0 radical (unpaired) electrons. The highest BCUT2D eigenvalue weighted by molar-refractivity contribution is 6.43. The number of ether oxygens (including phenoxy) is 2. The smallest absolute Gasteiger partial charge is 0.349 e. The van der Waals surface area contributed by atoms with Crippen molar-refractivity contribution < 1.29 is 19.1 Å². The van der Waals surface area contributed by atoms with E-state index in [1.54, 1.807) is 69.3 Å². The molecule has 1 aliphatic rings. The number of hydrogen-bond donors (Lipinski definition) is 0. The van der Waals surface area contributed by atoms with Crippen molar-refractivity contribution in [3.05, 3.63) is 70.7 Å². The Bertz CT molecular complexity index is 1100. The van der Waals surface area contributed by atoms with Crippen LogP contribution in [-0.4, -0.2) is 34.8 Å². The Hall–Kier alpha value is -3.50. The summed E-state index contributed by atoms with van der Waals surface area (Å²) in [5, 5.41) is 10.5. The normalized spacial score (nSPS) is 16.8. The summed E-state index contributed by atoms with van der Waals surface area (Å²) in [6.07, 6.45) is -0.102. The first kappa shape index (κ1) is 22.2. The fraction of sp³-hybridized carbons (Fsp3) is 0.261. The number of amides is 1. The summed E-state index contributed by atoms with van der Waals surface area (Å²) in [6.45, 7) is 5.05. The number of benzene rings is 2. The molecule has 0 saturated carbocycles.